The van der Waals surface area contributed by atoms with Crippen molar-refractivity contribution in [3.05, 3.63) is 12.1 Å². The van der Waals surface area contributed by atoms with Crippen molar-refractivity contribution in [2.45, 2.75) is 24.1 Å². The van der Waals surface area contributed by atoms with Gasteiger partial charge in [-0.05, 0) is 29.3 Å². The maximum atomic E-state index is 12.5. The number of likely N-dealkylation sites (tertiary alicyclic amines) is 1. The molecule has 1 saturated heterocycles. The van der Waals surface area contributed by atoms with E-state index >= 15 is 0 Å². The van der Waals surface area contributed by atoms with E-state index in [2.05, 4.69) is 25.7 Å². The number of anilines is 1. The number of aromatic nitrogens is 6. The van der Waals surface area contributed by atoms with Gasteiger partial charge in [-0.2, -0.15) is 0 Å². The van der Waals surface area contributed by atoms with Crippen molar-refractivity contribution in [1.82, 2.24) is 35.3 Å². The molecule has 1 aliphatic rings. The van der Waals surface area contributed by atoms with Crippen molar-refractivity contribution in [2.75, 3.05) is 37.8 Å². The third-order valence-corrected chi connectivity index (χ3v) is 5.00. The minimum Gasteiger partial charge on any atom is -0.471 e. The number of hydrogen-bond donors (Lipinski definition) is 0. The van der Waals surface area contributed by atoms with Gasteiger partial charge in [0.15, 0.2) is 5.82 Å². The zero-order valence-corrected chi connectivity index (χ0v) is 15.9. The van der Waals surface area contributed by atoms with E-state index in [1.807, 2.05) is 30.0 Å². The van der Waals surface area contributed by atoms with Crippen LogP contribution >= 0.6 is 11.8 Å². The van der Waals surface area contributed by atoms with E-state index in [9.17, 15) is 4.79 Å². The van der Waals surface area contributed by atoms with Crippen molar-refractivity contribution >= 4 is 23.5 Å². The molecule has 1 fully saturated rings. The Morgan fingerprint density at radius 1 is 1.35 bits per heavy atom. The highest BCUT2D eigenvalue weighted by molar-refractivity contribution is 7.99. The summed E-state index contributed by atoms with van der Waals surface area (Å²) < 4.78 is 7.46. The molecule has 0 aliphatic carbocycles. The highest BCUT2D eigenvalue weighted by atomic mass is 32.2. The Labute approximate surface area is 155 Å². The number of amides is 1. The van der Waals surface area contributed by atoms with E-state index in [4.69, 9.17) is 4.74 Å². The van der Waals surface area contributed by atoms with Gasteiger partial charge < -0.3 is 14.5 Å². The van der Waals surface area contributed by atoms with Crippen LogP contribution in [0.4, 0.5) is 5.82 Å². The quantitative estimate of drug-likeness (QED) is 0.653. The second-order valence-electron chi connectivity index (χ2n) is 6.22. The van der Waals surface area contributed by atoms with E-state index in [1.165, 1.54) is 11.8 Å². The molecule has 10 nitrogen and oxygen atoms in total. The number of aryl methyl sites for hydroxylation is 1. The lowest BCUT2D eigenvalue weighted by Gasteiger charge is -2.32. The van der Waals surface area contributed by atoms with Crippen molar-refractivity contribution < 1.29 is 9.53 Å². The summed E-state index contributed by atoms with van der Waals surface area (Å²) in [6.45, 7) is 1.29. The number of carbonyl (C=O) groups excluding carboxylic acids is 1. The monoisotopic (exact) mass is 378 g/mol. The molecular weight excluding hydrogens is 356 g/mol. The molecule has 1 aliphatic heterocycles. The molecule has 1 unspecified atom stereocenters. The van der Waals surface area contributed by atoms with Crippen LogP contribution in [-0.2, 0) is 11.8 Å². The van der Waals surface area contributed by atoms with E-state index in [0.29, 0.717) is 23.3 Å². The molecule has 1 atom stereocenters. The van der Waals surface area contributed by atoms with Crippen LogP contribution in [0.15, 0.2) is 17.3 Å². The second kappa shape index (κ2) is 8.30. The fraction of sp³-hybridized carbons (Fsp3) is 0.600. The summed E-state index contributed by atoms with van der Waals surface area (Å²) >= 11 is 1.33. The number of piperidine rings is 1. The SMILES string of the molecule is CN(C)c1ccc(OC2CCCN(C(=O)CSc3nnnn3C)C2)nn1. The average molecular weight is 378 g/mol. The lowest BCUT2D eigenvalue weighted by atomic mass is 10.1. The number of tetrazole rings is 1. The first kappa shape index (κ1) is 18.4. The molecule has 0 aromatic carbocycles. The molecule has 1 amide bonds. The minimum atomic E-state index is -0.0753. The summed E-state index contributed by atoms with van der Waals surface area (Å²) in [6, 6.07) is 3.67. The summed E-state index contributed by atoms with van der Waals surface area (Å²) in [7, 11) is 5.56. The van der Waals surface area contributed by atoms with Gasteiger partial charge in [0.1, 0.15) is 6.10 Å². The van der Waals surface area contributed by atoms with Gasteiger partial charge in [0.2, 0.25) is 16.9 Å². The summed E-state index contributed by atoms with van der Waals surface area (Å²) in [5.74, 6) is 1.61. The number of ether oxygens (including phenoxy) is 1. The average Bonchev–Trinajstić information content (AvgIpc) is 3.05. The standard InChI is InChI=1S/C15H22N8O2S/c1-21(2)12-6-7-13(17-16-12)25-11-5-4-8-23(9-11)14(24)10-26-15-18-19-20-22(15)3/h6-7,11H,4-5,8-10H2,1-3H3. The lowest BCUT2D eigenvalue weighted by molar-refractivity contribution is -0.130. The van der Waals surface area contributed by atoms with Crippen molar-refractivity contribution in [3.63, 3.8) is 0 Å². The summed E-state index contributed by atoms with van der Waals surface area (Å²) in [5, 5.41) is 20.0. The lowest BCUT2D eigenvalue weighted by Crippen LogP contribution is -2.45. The highest BCUT2D eigenvalue weighted by Gasteiger charge is 2.25. The number of nitrogens with zero attached hydrogens (tertiary/aromatic N) is 8. The third kappa shape index (κ3) is 4.59. The molecule has 0 spiro atoms. The predicted octanol–water partition coefficient (Wildman–Crippen LogP) is 0.228. The van der Waals surface area contributed by atoms with Crippen LogP contribution in [0.25, 0.3) is 0 Å². The van der Waals surface area contributed by atoms with Crippen LogP contribution in [-0.4, -0.2) is 80.3 Å². The molecular formula is C15H22N8O2S. The van der Waals surface area contributed by atoms with Crippen molar-refractivity contribution in [2.24, 2.45) is 7.05 Å². The molecule has 0 N–H and O–H groups in total. The smallest absolute Gasteiger partial charge is 0.233 e. The molecule has 0 bridgehead atoms. The number of thioether (sulfide) groups is 1. The first-order valence-corrected chi connectivity index (χ1v) is 9.32. The molecule has 140 valence electrons. The van der Waals surface area contributed by atoms with E-state index in [-0.39, 0.29) is 12.0 Å². The van der Waals surface area contributed by atoms with E-state index in [1.54, 1.807) is 17.8 Å². The molecule has 0 radical (unpaired) electrons. The zero-order chi connectivity index (χ0) is 18.5. The maximum absolute atomic E-state index is 12.5. The number of rotatable bonds is 6. The molecule has 11 heteroatoms. The van der Waals surface area contributed by atoms with Gasteiger partial charge in [0, 0.05) is 33.8 Å². The van der Waals surface area contributed by atoms with Crippen molar-refractivity contribution in [3.8, 4) is 5.88 Å². The predicted molar refractivity (Wildman–Crippen MR) is 96.1 cm³/mol. The topological polar surface area (TPSA) is 102 Å². The fourth-order valence-corrected chi connectivity index (χ4v) is 3.36. The molecule has 3 heterocycles. The highest BCUT2D eigenvalue weighted by Crippen LogP contribution is 2.19. The second-order valence-corrected chi connectivity index (χ2v) is 7.16. The first-order valence-electron chi connectivity index (χ1n) is 8.33. The summed E-state index contributed by atoms with van der Waals surface area (Å²) in [6.07, 6.45) is 1.71. The largest absolute Gasteiger partial charge is 0.471 e. The van der Waals surface area contributed by atoms with Gasteiger partial charge in [-0.3, -0.25) is 4.79 Å². The van der Waals surface area contributed by atoms with Crippen LogP contribution in [0.3, 0.4) is 0 Å². The van der Waals surface area contributed by atoms with E-state index < -0.39 is 0 Å². The Balaban J connectivity index is 1.51. The normalized spacial score (nSPS) is 17.2. The Morgan fingerprint density at radius 2 is 2.19 bits per heavy atom. The Hall–Kier alpha value is -2.43. The van der Waals surface area contributed by atoms with Gasteiger partial charge in [-0.1, -0.05) is 11.8 Å². The summed E-state index contributed by atoms with van der Waals surface area (Å²) in [4.78, 5) is 16.2. The van der Waals surface area contributed by atoms with E-state index in [0.717, 1.165) is 25.2 Å². The maximum Gasteiger partial charge on any atom is 0.233 e. The summed E-state index contributed by atoms with van der Waals surface area (Å²) in [5.41, 5.74) is 0. The van der Waals surface area contributed by atoms with Crippen LogP contribution < -0.4 is 9.64 Å². The van der Waals surface area contributed by atoms with Gasteiger partial charge in [-0.15, -0.1) is 15.3 Å². The number of carbonyl (C=O) groups is 1. The molecule has 26 heavy (non-hydrogen) atoms. The van der Waals surface area contributed by atoms with Gasteiger partial charge >= 0.3 is 0 Å². The molecule has 2 aromatic heterocycles. The molecule has 3 rings (SSSR count). The zero-order valence-electron chi connectivity index (χ0n) is 15.1. The van der Waals surface area contributed by atoms with Gasteiger partial charge in [0.05, 0.1) is 12.3 Å². The first-order chi connectivity index (χ1) is 12.5. The van der Waals surface area contributed by atoms with Gasteiger partial charge in [-0.25, -0.2) is 4.68 Å². The molecule has 2 aromatic rings. The van der Waals surface area contributed by atoms with Crippen LogP contribution in [0.1, 0.15) is 12.8 Å². The van der Waals surface area contributed by atoms with Crippen LogP contribution in [0, 0.1) is 0 Å². The Morgan fingerprint density at radius 3 is 2.85 bits per heavy atom. The third-order valence-electron chi connectivity index (χ3n) is 4.01. The van der Waals surface area contributed by atoms with Crippen LogP contribution in [0.5, 0.6) is 5.88 Å². The fourth-order valence-electron chi connectivity index (χ4n) is 2.61. The minimum absolute atomic E-state index is 0.0559. The van der Waals surface area contributed by atoms with Crippen molar-refractivity contribution in [1.29, 1.82) is 0 Å². The van der Waals surface area contributed by atoms with Gasteiger partial charge in [0.25, 0.3) is 0 Å². The Kier molecular flexibility index (Phi) is 5.86. The van der Waals surface area contributed by atoms with Crippen LogP contribution in [0.2, 0.25) is 0 Å². The Bertz CT molecular complexity index is 736. The number of hydrogen-bond acceptors (Lipinski definition) is 9. The molecule has 0 saturated carbocycles.